The van der Waals surface area contributed by atoms with Crippen LogP contribution >= 0.6 is 23.1 Å². The van der Waals surface area contributed by atoms with Crippen molar-refractivity contribution in [2.45, 2.75) is 51.1 Å². The number of nitrogens with one attached hydrogen (secondary N) is 1. The molecule has 1 amide bonds. The van der Waals surface area contributed by atoms with Crippen molar-refractivity contribution in [1.29, 1.82) is 0 Å². The second kappa shape index (κ2) is 9.89. The Bertz CT molecular complexity index is 948. The van der Waals surface area contributed by atoms with Gasteiger partial charge in [-0.05, 0) is 25.0 Å². The van der Waals surface area contributed by atoms with Crippen molar-refractivity contribution < 1.29 is 4.79 Å². The van der Waals surface area contributed by atoms with Gasteiger partial charge in [0, 0.05) is 36.2 Å². The van der Waals surface area contributed by atoms with Gasteiger partial charge in [-0.1, -0.05) is 43.3 Å². The number of nitrogens with zero attached hydrogens (tertiary/aromatic N) is 4. The van der Waals surface area contributed by atoms with Crippen LogP contribution in [0.15, 0.2) is 34.8 Å². The Morgan fingerprint density at radius 3 is 2.72 bits per heavy atom. The van der Waals surface area contributed by atoms with E-state index in [4.69, 9.17) is 5.73 Å². The van der Waals surface area contributed by atoms with Crippen molar-refractivity contribution in [3.63, 3.8) is 0 Å². The molecule has 1 aromatic carbocycles. The highest BCUT2D eigenvalue weighted by Gasteiger charge is 2.15. The van der Waals surface area contributed by atoms with Crippen LogP contribution in [-0.2, 0) is 23.5 Å². The van der Waals surface area contributed by atoms with Gasteiger partial charge in [0.25, 0.3) is 0 Å². The molecule has 3 aromatic rings. The van der Waals surface area contributed by atoms with E-state index >= 15 is 0 Å². The standard InChI is InChI=1S/C20H26N6OS2/c1-13(2)10-26-18(9-8-17(21)27)24-25-20(26)29-12-16-11-28-19(23-16)22-15-6-4-14(3)5-7-15/h4-7,11,13H,8-10,12H2,1-3H3,(H2,21,27)(H,22,23). The third-order valence-electron chi connectivity index (χ3n) is 4.14. The van der Waals surface area contributed by atoms with E-state index in [1.165, 1.54) is 5.56 Å². The molecular formula is C20H26N6OS2. The second-order valence-electron chi connectivity index (χ2n) is 7.29. The maximum Gasteiger partial charge on any atom is 0.217 e. The fourth-order valence-electron chi connectivity index (χ4n) is 2.72. The van der Waals surface area contributed by atoms with Crippen molar-refractivity contribution >= 4 is 39.8 Å². The van der Waals surface area contributed by atoms with Gasteiger partial charge in [-0.3, -0.25) is 4.79 Å². The number of hydrogen-bond acceptors (Lipinski definition) is 7. The lowest BCUT2D eigenvalue weighted by Gasteiger charge is -2.11. The average molecular weight is 431 g/mol. The molecule has 0 fully saturated rings. The van der Waals surface area contributed by atoms with Gasteiger partial charge in [0.05, 0.1) is 5.69 Å². The van der Waals surface area contributed by atoms with Gasteiger partial charge in [-0.2, -0.15) is 0 Å². The number of nitrogens with two attached hydrogens (primary N) is 1. The molecule has 0 radical (unpaired) electrons. The molecule has 3 N–H and O–H groups in total. The molecule has 154 valence electrons. The molecule has 0 aliphatic rings. The summed E-state index contributed by atoms with van der Waals surface area (Å²) in [5.41, 5.74) is 8.53. The number of amides is 1. The van der Waals surface area contributed by atoms with Crippen molar-refractivity contribution in [2.75, 3.05) is 5.32 Å². The zero-order valence-electron chi connectivity index (χ0n) is 16.9. The monoisotopic (exact) mass is 430 g/mol. The number of thiazole rings is 1. The molecule has 2 aromatic heterocycles. The predicted molar refractivity (Wildman–Crippen MR) is 119 cm³/mol. The third-order valence-corrected chi connectivity index (χ3v) is 5.95. The third kappa shape index (κ3) is 6.30. The van der Waals surface area contributed by atoms with E-state index in [1.54, 1.807) is 23.1 Å². The summed E-state index contributed by atoms with van der Waals surface area (Å²) in [6.45, 7) is 7.17. The zero-order chi connectivity index (χ0) is 20.8. The van der Waals surface area contributed by atoms with Crippen molar-refractivity contribution in [1.82, 2.24) is 19.7 Å². The smallest absolute Gasteiger partial charge is 0.217 e. The van der Waals surface area contributed by atoms with Gasteiger partial charge < -0.3 is 15.6 Å². The number of benzene rings is 1. The fourth-order valence-corrected chi connectivity index (χ4v) is 4.42. The molecule has 0 bridgehead atoms. The topological polar surface area (TPSA) is 98.7 Å². The van der Waals surface area contributed by atoms with E-state index in [9.17, 15) is 4.79 Å². The van der Waals surface area contributed by atoms with Crippen LogP contribution in [0.4, 0.5) is 10.8 Å². The Morgan fingerprint density at radius 2 is 2.03 bits per heavy atom. The van der Waals surface area contributed by atoms with Crippen LogP contribution in [0.5, 0.6) is 0 Å². The summed E-state index contributed by atoms with van der Waals surface area (Å²) in [6.07, 6.45) is 0.790. The van der Waals surface area contributed by atoms with E-state index in [1.807, 2.05) is 12.1 Å². The number of anilines is 2. The Kier molecular flexibility index (Phi) is 7.27. The molecule has 0 saturated carbocycles. The number of aromatic nitrogens is 4. The van der Waals surface area contributed by atoms with Crippen LogP contribution in [0.3, 0.4) is 0 Å². The number of rotatable bonds is 10. The maximum atomic E-state index is 11.1. The normalized spacial score (nSPS) is 11.2. The lowest BCUT2D eigenvalue weighted by atomic mass is 10.2. The number of aryl methyl sites for hydroxylation is 2. The van der Waals surface area contributed by atoms with E-state index in [0.29, 0.717) is 18.1 Å². The number of hydrogen-bond donors (Lipinski definition) is 2. The Morgan fingerprint density at radius 1 is 1.28 bits per heavy atom. The van der Waals surface area contributed by atoms with E-state index < -0.39 is 0 Å². The summed E-state index contributed by atoms with van der Waals surface area (Å²) < 4.78 is 2.09. The summed E-state index contributed by atoms with van der Waals surface area (Å²) in [6, 6.07) is 8.24. The van der Waals surface area contributed by atoms with Crippen molar-refractivity contribution in [2.24, 2.45) is 11.7 Å². The van der Waals surface area contributed by atoms with Crippen LogP contribution in [0.2, 0.25) is 0 Å². The zero-order valence-corrected chi connectivity index (χ0v) is 18.5. The largest absolute Gasteiger partial charge is 0.370 e. The highest BCUT2D eigenvalue weighted by atomic mass is 32.2. The number of primary amides is 1. The Balaban J connectivity index is 1.64. The van der Waals surface area contributed by atoms with E-state index in [2.05, 4.69) is 63.3 Å². The summed E-state index contributed by atoms with van der Waals surface area (Å²) in [7, 11) is 0. The van der Waals surface area contributed by atoms with E-state index in [-0.39, 0.29) is 12.3 Å². The van der Waals surface area contributed by atoms with E-state index in [0.717, 1.165) is 34.0 Å². The number of carbonyl (C=O) groups excluding carboxylic acids is 1. The first-order chi connectivity index (χ1) is 13.9. The first-order valence-electron chi connectivity index (χ1n) is 9.52. The number of thioether (sulfide) groups is 1. The van der Waals surface area contributed by atoms with Crippen LogP contribution in [0, 0.1) is 12.8 Å². The highest BCUT2D eigenvalue weighted by molar-refractivity contribution is 7.98. The lowest BCUT2D eigenvalue weighted by Crippen LogP contribution is -2.15. The van der Waals surface area contributed by atoms with Gasteiger partial charge in [0.1, 0.15) is 5.82 Å². The molecule has 3 rings (SSSR count). The summed E-state index contributed by atoms with van der Waals surface area (Å²) in [5, 5.41) is 15.7. The maximum absolute atomic E-state index is 11.1. The quantitative estimate of drug-likeness (QED) is 0.469. The minimum Gasteiger partial charge on any atom is -0.370 e. The average Bonchev–Trinajstić information content (AvgIpc) is 3.26. The van der Waals surface area contributed by atoms with Crippen LogP contribution < -0.4 is 11.1 Å². The van der Waals surface area contributed by atoms with Gasteiger partial charge in [-0.25, -0.2) is 4.98 Å². The minimum absolute atomic E-state index is 0.279. The summed E-state index contributed by atoms with van der Waals surface area (Å²) in [4.78, 5) is 15.8. The first kappa shape index (κ1) is 21.3. The molecule has 2 heterocycles. The molecule has 7 nitrogen and oxygen atoms in total. The van der Waals surface area contributed by atoms with Gasteiger partial charge in [0.15, 0.2) is 10.3 Å². The van der Waals surface area contributed by atoms with Crippen LogP contribution in [0.25, 0.3) is 0 Å². The SMILES string of the molecule is Cc1ccc(Nc2nc(CSc3nnc(CCC(N)=O)n3CC(C)C)cs2)cc1. The molecule has 0 spiro atoms. The number of carbonyl (C=O) groups is 1. The van der Waals surface area contributed by atoms with Crippen LogP contribution in [-0.4, -0.2) is 25.7 Å². The van der Waals surface area contributed by atoms with Gasteiger partial charge >= 0.3 is 0 Å². The fraction of sp³-hybridized carbons (Fsp3) is 0.400. The molecule has 0 unspecified atom stereocenters. The molecule has 0 saturated heterocycles. The molecule has 9 heteroatoms. The van der Waals surface area contributed by atoms with Crippen LogP contribution in [0.1, 0.15) is 37.4 Å². The summed E-state index contributed by atoms with van der Waals surface area (Å²) in [5.74, 6) is 1.63. The minimum atomic E-state index is -0.325. The highest BCUT2D eigenvalue weighted by Crippen LogP contribution is 2.27. The predicted octanol–water partition coefficient (Wildman–Crippen LogP) is 4.15. The van der Waals surface area contributed by atoms with Gasteiger partial charge in [-0.15, -0.1) is 21.5 Å². The molecule has 29 heavy (non-hydrogen) atoms. The Labute approximate surface area is 179 Å². The second-order valence-corrected chi connectivity index (χ2v) is 9.09. The Hall–Kier alpha value is -2.39. The van der Waals surface area contributed by atoms with Crippen molar-refractivity contribution in [3.05, 3.63) is 46.7 Å². The molecule has 0 aliphatic heterocycles. The first-order valence-corrected chi connectivity index (χ1v) is 11.4. The van der Waals surface area contributed by atoms with Crippen molar-refractivity contribution in [3.8, 4) is 0 Å². The van der Waals surface area contributed by atoms with Gasteiger partial charge in [0.2, 0.25) is 5.91 Å². The molecular weight excluding hydrogens is 404 g/mol. The lowest BCUT2D eigenvalue weighted by molar-refractivity contribution is -0.118. The summed E-state index contributed by atoms with van der Waals surface area (Å²) >= 11 is 3.19. The molecule has 0 aliphatic carbocycles. The molecule has 0 atom stereocenters.